The van der Waals surface area contributed by atoms with Crippen molar-refractivity contribution in [3.8, 4) is 0 Å². The van der Waals surface area contributed by atoms with Crippen LogP contribution in [-0.2, 0) is 8.92 Å². The molecule has 0 aromatic heterocycles. The number of hydrogen-bond acceptors (Lipinski definition) is 5. The van der Waals surface area contributed by atoms with Gasteiger partial charge in [0.2, 0.25) is 0 Å². The van der Waals surface area contributed by atoms with Gasteiger partial charge >= 0.3 is 14.6 Å². The van der Waals surface area contributed by atoms with Crippen LogP contribution in [0.4, 0.5) is 0 Å². The van der Waals surface area contributed by atoms with Gasteiger partial charge in [-0.25, -0.2) is 0 Å². The minimum absolute atomic E-state index is 0.863. The standard InChI is InChI=1S/C6H18B2O5Si/c1-4-14(5-2,6-3)13-8(11)12-7(9)10/h9-11H,4-6H2,1-3H3. The van der Waals surface area contributed by atoms with Crippen LogP contribution in [0.15, 0.2) is 0 Å². The molecule has 0 heterocycles. The fourth-order valence-electron chi connectivity index (χ4n) is 1.35. The third-order valence-electron chi connectivity index (χ3n) is 2.52. The van der Waals surface area contributed by atoms with Gasteiger partial charge < -0.3 is 24.0 Å². The van der Waals surface area contributed by atoms with Crippen LogP contribution >= 0.6 is 0 Å². The second-order valence-electron chi connectivity index (χ2n) is 3.13. The molecule has 0 bridgehead atoms. The largest absolute Gasteiger partial charge is 0.621 e. The highest BCUT2D eigenvalue weighted by atomic mass is 28.4. The summed E-state index contributed by atoms with van der Waals surface area (Å²) in [4.78, 5) is 0. The molecule has 3 N–H and O–H groups in total. The molecule has 0 aliphatic rings. The van der Waals surface area contributed by atoms with Crippen molar-refractivity contribution in [2.24, 2.45) is 0 Å². The molecule has 0 aromatic rings. The van der Waals surface area contributed by atoms with Crippen LogP contribution in [0.3, 0.4) is 0 Å². The van der Waals surface area contributed by atoms with Crippen LogP contribution in [-0.4, -0.2) is 38.0 Å². The van der Waals surface area contributed by atoms with E-state index in [1.165, 1.54) is 0 Å². The molecule has 0 aromatic carbocycles. The maximum atomic E-state index is 9.22. The zero-order valence-electron chi connectivity index (χ0n) is 8.93. The van der Waals surface area contributed by atoms with Gasteiger partial charge in [-0.1, -0.05) is 20.8 Å². The molecule has 0 radical (unpaired) electrons. The average molecular weight is 220 g/mol. The normalized spacial score (nSPS) is 11.6. The zero-order chi connectivity index (χ0) is 11.2. The molecule has 0 saturated carbocycles. The van der Waals surface area contributed by atoms with Gasteiger partial charge in [0.1, 0.15) is 0 Å². The van der Waals surface area contributed by atoms with Gasteiger partial charge in [-0.15, -0.1) is 0 Å². The van der Waals surface area contributed by atoms with E-state index in [2.05, 4.69) is 4.57 Å². The molecule has 8 heteroatoms. The Kier molecular flexibility index (Phi) is 6.67. The predicted molar refractivity (Wildman–Crippen MR) is 57.5 cm³/mol. The Morgan fingerprint density at radius 2 is 1.43 bits per heavy atom. The summed E-state index contributed by atoms with van der Waals surface area (Å²) in [6, 6.07) is 2.59. The van der Waals surface area contributed by atoms with Gasteiger partial charge in [-0.2, -0.15) is 0 Å². The van der Waals surface area contributed by atoms with E-state index in [1.807, 2.05) is 20.8 Å². The number of rotatable bonds is 7. The minimum atomic E-state index is -2.00. The summed E-state index contributed by atoms with van der Waals surface area (Å²) in [6.07, 6.45) is 0. The molecule has 82 valence electrons. The summed E-state index contributed by atoms with van der Waals surface area (Å²) in [5.74, 6) is 0. The Morgan fingerprint density at radius 3 is 1.71 bits per heavy atom. The molecule has 14 heavy (non-hydrogen) atoms. The predicted octanol–water partition coefficient (Wildman–Crippen LogP) is -0.0285. The monoisotopic (exact) mass is 220 g/mol. The maximum Gasteiger partial charge on any atom is 0.621 e. The lowest BCUT2D eigenvalue weighted by Crippen LogP contribution is -2.45. The molecular weight excluding hydrogens is 202 g/mol. The fourth-order valence-corrected chi connectivity index (χ4v) is 3.83. The lowest BCUT2D eigenvalue weighted by atomic mass is 10.1. The van der Waals surface area contributed by atoms with E-state index in [0.29, 0.717) is 0 Å². The van der Waals surface area contributed by atoms with E-state index in [1.54, 1.807) is 0 Å². The van der Waals surface area contributed by atoms with Crippen molar-refractivity contribution in [1.29, 1.82) is 0 Å². The average Bonchev–Trinajstić information content (AvgIpc) is 2.13. The third kappa shape index (κ3) is 4.58. The van der Waals surface area contributed by atoms with Crippen molar-refractivity contribution in [3.05, 3.63) is 0 Å². The van der Waals surface area contributed by atoms with E-state index in [-0.39, 0.29) is 0 Å². The van der Waals surface area contributed by atoms with Crippen molar-refractivity contribution in [2.75, 3.05) is 0 Å². The topological polar surface area (TPSA) is 79.2 Å². The third-order valence-corrected chi connectivity index (χ3v) is 7.09. The van der Waals surface area contributed by atoms with E-state index >= 15 is 0 Å². The lowest BCUT2D eigenvalue weighted by Gasteiger charge is -2.29. The molecule has 0 aliphatic heterocycles. The summed E-state index contributed by atoms with van der Waals surface area (Å²) in [6.45, 7) is 6.00. The lowest BCUT2D eigenvalue weighted by molar-refractivity contribution is 0.215. The zero-order valence-corrected chi connectivity index (χ0v) is 9.93. The summed E-state index contributed by atoms with van der Waals surface area (Å²) in [7, 11) is -5.48. The molecule has 0 saturated heterocycles. The quantitative estimate of drug-likeness (QED) is 0.525. The van der Waals surface area contributed by atoms with Crippen LogP contribution in [0.1, 0.15) is 20.8 Å². The molecule has 5 nitrogen and oxygen atoms in total. The summed E-state index contributed by atoms with van der Waals surface area (Å²) < 4.78 is 9.64. The molecule has 0 amide bonds. The molecule has 0 spiro atoms. The molecule has 0 unspecified atom stereocenters. The van der Waals surface area contributed by atoms with Crippen LogP contribution in [0.25, 0.3) is 0 Å². The molecule has 0 aliphatic carbocycles. The SMILES string of the molecule is CC[Si](CC)(CC)OB(O)OB(O)O. The highest BCUT2D eigenvalue weighted by Gasteiger charge is 2.36. The smallest absolute Gasteiger partial charge is 0.429 e. The molecule has 0 rings (SSSR count). The van der Waals surface area contributed by atoms with Crippen LogP contribution in [0.2, 0.25) is 18.1 Å². The summed E-state index contributed by atoms with van der Waals surface area (Å²) >= 11 is 0. The highest BCUT2D eigenvalue weighted by molar-refractivity contribution is 6.78. The van der Waals surface area contributed by atoms with Gasteiger partial charge in [0.25, 0.3) is 0 Å². The minimum Gasteiger partial charge on any atom is -0.429 e. The van der Waals surface area contributed by atoms with Crippen molar-refractivity contribution in [2.45, 2.75) is 38.9 Å². The molecule has 0 atom stereocenters. The Hall–Kier alpha value is 0.147. The van der Waals surface area contributed by atoms with Crippen molar-refractivity contribution < 1.29 is 24.0 Å². The summed E-state index contributed by atoms with van der Waals surface area (Å²) in [5.41, 5.74) is 0. The van der Waals surface area contributed by atoms with Gasteiger partial charge in [0, 0.05) is 0 Å². The Balaban J connectivity index is 4.15. The Morgan fingerprint density at radius 1 is 1.00 bits per heavy atom. The summed E-state index contributed by atoms with van der Waals surface area (Å²) in [5, 5.41) is 26.1. The van der Waals surface area contributed by atoms with Gasteiger partial charge in [-0.05, 0) is 18.1 Å². The maximum absolute atomic E-state index is 9.22. The number of hydrogen-bond donors (Lipinski definition) is 3. The van der Waals surface area contributed by atoms with Crippen molar-refractivity contribution in [1.82, 2.24) is 0 Å². The van der Waals surface area contributed by atoms with E-state index in [9.17, 15) is 5.02 Å². The fraction of sp³-hybridized carbons (Fsp3) is 1.00. The van der Waals surface area contributed by atoms with E-state index < -0.39 is 23.0 Å². The van der Waals surface area contributed by atoms with Crippen molar-refractivity contribution >= 4 is 23.0 Å². The first-order valence-corrected chi connectivity index (χ1v) is 7.40. The second-order valence-corrected chi connectivity index (χ2v) is 7.85. The second kappa shape index (κ2) is 6.60. The van der Waals surface area contributed by atoms with Crippen LogP contribution < -0.4 is 0 Å². The Bertz CT molecular complexity index is 147. The van der Waals surface area contributed by atoms with Gasteiger partial charge in [-0.3, -0.25) is 0 Å². The van der Waals surface area contributed by atoms with Crippen LogP contribution in [0, 0.1) is 0 Å². The molecule has 0 fully saturated rings. The first-order valence-electron chi connectivity index (χ1n) is 4.87. The van der Waals surface area contributed by atoms with Crippen molar-refractivity contribution in [3.63, 3.8) is 0 Å². The highest BCUT2D eigenvalue weighted by Crippen LogP contribution is 2.22. The van der Waals surface area contributed by atoms with E-state index in [4.69, 9.17) is 14.4 Å². The van der Waals surface area contributed by atoms with E-state index in [0.717, 1.165) is 18.1 Å². The first kappa shape index (κ1) is 14.1. The van der Waals surface area contributed by atoms with Gasteiger partial charge in [0.15, 0.2) is 8.32 Å². The molecular formula is C6H18B2O5Si. The Labute approximate surface area is 86.5 Å². The van der Waals surface area contributed by atoms with Crippen LogP contribution in [0.5, 0.6) is 0 Å². The first-order chi connectivity index (χ1) is 6.49. The van der Waals surface area contributed by atoms with Gasteiger partial charge in [0.05, 0.1) is 0 Å².